The average molecular weight is 328 g/mol. The number of nitrogens with one attached hydrogen (secondary N) is 1. The van der Waals surface area contributed by atoms with Gasteiger partial charge in [-0.25, -0.2) is 0 Å². The van der Waals surface area contributed by atoms with Gasteiger partial charge >= 0.3 is 5.69 Å². The van der Waals surface area contributed by atoms with Gasteiger partial charge in [-0.15, -0.1) is 0 Å². The number of nitro groups is 2. The fourth-order valence-corrected chi connectivity index (χ4v) is 2.21. The van der Waals surface area contributed by atoms with Crippen LogP contribution < -0.4 is 5.43 Å². The highest BCUT2D eigenvalue weighted by atomic mass is 16.6. The predicted octanol–water partition coefficient (Wildman–Crippen LogP) is 3.96. The zero-order chi connectivity index (χ0) is 17.9. The Bertz CT molecular complexity index is 846. The van der Waals surface area contributed by atoms with Gasteiger partial charge in [0.05, 0.1) is 21.6 Å². The van der Waals surface area contributed by atoms with Crippen molar-refractivity contribution in [3.8, 4) is 0 Å². The van der Waals surface area contributed by atoms with E-state index in [2.05, 4.69) is 10.5 Å². The Morgan fingerprint density at radius 2 is 1.75 bits per heavy atom. The molecule has 8 heteroatoms. The molecule has 0 unspecified atom stereocenters. The van der Waals surface area contributed by atoms with Gasteiger partial charge in [0.15, 0.2) is 0 Å². The predicted molar refractivity (Wildman–Crippen MR) is 91.5 cm³/mol. The maximum absolute atomic E-state index is 11.1. The summed E-state index contributed by atoms with van der Waals surface area (Å²) in [5, 5.41) is 26.0. The summed E-state index contributed by atoms with van der Waals surface area (Å²) in [7, 11) is 0. The summed E-state index contributed by atoms with van der Waals surface area (Å²) >= 11 is 0. The van der Waals surface area contributed by atoms with Crippen LogP contribution in [0.15, 0.2) is 41.5 Å². The van der Waals surface area contributed by atoms with Crippen molar-refractivity contribution in [3.63, 3.8) is 0 Å². The van der Waals surface area contributed by atoms with Crippen molar-refractivity contribution in [1.29, 1.82) is 0 Å². The SMILES string of the molecule is C/C(=N\Nc1ccc([N+](=O)[O-])cc1[N+](=O)[O-])c1cc(C)ccc1C. The van der Waals surface area contributed by atoms with Crippen LogP contribution in [0.4, 0.5) is 17.1 Å². The van der Waals surface area contributed by atoms with Gasteiger partial charge in [0.2, 0.25) is 0 Å². The van der Waals surface area contributed by atoms with Crippen molar-refractivity contribution < 1.29 is 9.85 Å². The molecule has 0 aliphatic heterocycles. The summed E-state index contributed by atoms with van der Waals surface area (Å²) in [4.78, 5) is 20.5. The van der Waals surface area contributed by atoms with Crippen LogP contribution in [0.5, 0.6) is 0 Å². The molecule has 0 radical (unpaired) electrons. The summed E-state index contributed by atoms with van der Waals surface area (Å²) in [6, 6.07) is 9.30. The molecule has 0 spiro atoms. The lowest BCUT2D eigenvalue weighted by molar-refractivity contribution is -0.393. The first-order chi connectivity index (χ1) is 11.3. The third kappa shape index (κ3) is 3.72. The zero-order valence-electron chi connectivity index (χ0n) is 13.4. The third-order valence-corrected chi connectivity index (χ3v) is 3.52. The molecule has 8 nitrogen and oxygen atoms in total. The zero-order valence-corrected chi connectivity index (χ0v) is 13.4. The van der Waals surface area contributed by atoms with Crippen LogP contribution in [0, 0.1) is 34.1 Å². The van der Waals surface area contributed by atoms with Crippen molar-refractivity contribution >= 4 is 22.8 Å². The summed E-state index contributed by atoms with van der Waals surface area (Å²) < 4.78 is 0. The Balaban J connectivity index is 2.35. The molecule has 0 amide bonds. The minimum Gasteiger partial charge on any atom is -0.271 e. The lowest BCUT2D eigenvalue weighted by Gasteiger charge is -2.08. The molecule has 2 rings (SSSR count). The highest BCUT2D eigenvalue weighted by Crippen LogP contribution is 2.29. The fourth-order valence-electron chi connectivity index (χ4n) is 2.21. The lowest BCUT2D eigenvalue weighted by atomic mass is 10.0. The Morgan fingerprint density at radius 1 is 1.04 bits per heavy atom. The van der Waals surface area contributed by atoms with Crippen LogP contribution in [-0.2, 0) is 0 Å². The second-order valence-corrected chi connectivity index (χ2v) is 5.34. The highest BCUT2D eigenvalue weighted by Gasteiger charge is 2.19. The number of hydrogen-bond acceptors (Lipinski definition) is 6. The van der Waals surface area contributed by atoms with E-state index in [0.29, 0.717) is 5.71 Å². The van der Waals surface area contributed by atoms with Crippen molar-refractivity contribution in [1.82, 2.24) is 0 Å². The number of non-ortho nitro benzene ring substituents is 1. The van der Waals surface area contributed by atoms with Crippen molar-refractivity contribution in [2.24, 2.45) is 5.10 Å². The number of hydrogen-bond donors (Lipinski definition) is 1. The number of nitro benzene ring substituents is 2. The summed E-state index contributed by atoms with van der Waals surface area (Å²) in [6.45, 7) is 5.69. The van der Waals surface area contributed by atoms with Gasteiger partial charge in [-0.05, 0) is 38.5 Å². The highest BCUT2D eigenvalue weighted by molar-refractivity contribution is 6.00. The average Bonchev–Trinajstić information content (AvgIpc) is 2.54. The molecule has 1 N–H and O–H groups in total. The van der Waals surface area contributed by atoms with E-state index in [1.807, 2.05) is 32.0 Å². The Labute approximate surface area is 138 Å². The van der Waals surface area contributed by atoms with Crippen LogP contribution in [0.25, 0.3) is 0 Å². The van der Waals surface area contributed by atoms with Crippen LogP contribution in [-0.4, -0.2) is 15.6 Å². The second kappa shape index (κ2) is 6.86. The van der Waals surface area contributed by atoms with E-state index in [-0.39, 0.29) is 11.4 Å². The topological polar surface area (TPSA) is 111 Å². The number of nitrogens with zero attached hydrogens (tertiary/aromatic N) is 3. The van der Waals surface area contributed by atoms with E-state index in [0.717, 1.165) is 22.8 Å². The molecule has 2 aromatic rings. The number of aryl methyl sites for hydroxylation is 2. The first-order valence-corrected chi connectivity index (χ1v) is 7.10. The quantitative estimate of drug-likeness (QED) is 0.507. The van der Waals surface area contributed by atoms with Gasteiger partial charge in [0, 0.05) is 11.6 Å². The monoisotopic (exact) mass is 328 g/mol. The second-order valence-electron chi connectivity index (χ2n) is 5.34. The summed E-state index contributed by atoms with van der Waals surface area (Å²) in [5.41, 5.74) is 5.66. The van der Waals surface area contributed by atoms with Crippen LogP contribution in [0.2, 0.25) is 0 Å². The molecule has 0 bridgehead atoms. The number of benzene rings is 2. The minimum atomic E-state index is -0.682. The molecule has 0 saturated carbocycles. The molecule has 0 aliphatic carbocycles. The minimum absolute atomic E-state index is 0.0928. The van der Waals surface area contributed by atoms with Crippen molar-refractivity contribution in [2.45, 2.75) is 20.8 Å². The molecule has 0 fully saturated rings. The molecule has 0 heterocycles. The van der Waals surface area contributed by atoms with Gasteiger partial charge in [0.25, 0.3) is 5.69 Å². The molecule has 2 aromatic carbocycles. The van der Waals surface area contributed by atoms with Gasteiger partial charge in [0.1, 0.15) is 5.69 Å². The van der Waals surface area contributed by atoms with Crippen molar-refractivity contribution in [3.05, 3.63) is 73.3 Å². The number of hydrazone groups is 1. The molecule has 0 aromatic heterocycles. The van der Waals surface area contributed by atoms with Crippen LogP contribution in [0.3, 0.4) is 0 Å². The van der Waals surface area contributed by atoms with E-state index in [1.54, 1.807) is 6.92 Å². The van der Waals surface area contributed by atoms with Gasteiger partial charge in [-0.3, -0.25) is 25.7 Å². The fraction of sp³-hybridized carbons (Fsp3) is 0.188. The number of rotatable bonds is 5. The summed E-state index contributed by atoms with van der Waals surface area (Å²) in [6.07, 6.45) is 0. The van der Waals surface area contributed by atoms with Crippen LogP contribution >= 0.6 is 0 Å². The van der Waals surface area contributed by atoms with Gasteiger partial charge in [-0.1, -0.05) is 17.7 Å². The summed E-state index contributed by atoms with van der Waals surface area (Å²) in [5.74, 6) is 0. The largest absolute Gasteiger partial charge is 0.301 e. The molecule has 0 aliphatic rings. The maximum atomic E-state index is 11.1. The van der Waals surface area contributed by atoms with E-state index in [1.165, 1.54) is 12.1 Å². The van der Waals surface area contributed by atoms with Crippen LogP contribution in [0.1, 0.15) is 23.6 Å². The lowest BCUT2D eigenvalue weighted by Crippen LogP contribution is -2.04. The molecular formula is C16H16N4O4. The Kier molecular flexibility index (Phi) is 4.88. The Morgan fingerprint density at radius 3 is 2.38 bits per heavy atom. The number of anilines is 1. The van der Waals surface area contributed by atoms with E-state index < -0.39 is 15.5 Å². The maximum Gasteiger partial charge on any atom is 0.301 e. The Hall–Kier alpha value is -3.29. The molecular weight excluding hydrogens is 312 g/mol. The standard InChI is InChI=1S/C16H16N4O4/c1-10-4-5-11(2)14(8-10)12(3)17-18-15-7-6-13(19(21)22)9-16(15)20(23)24/h4-9,18H,1-3H3/b17-12+. The van der Waals surface area contributed by atoms with E-state index >= 15 is 0 Å². The first-order valence-electron chi connectivity index (χ1n) is 7.10. The molecule has 24 heavy (non-hydrogen) atoms. The van der Waals surface area contributed by atoms with Gasteiger partial charge in [-0.2, -0.15) is 5.10 Å². The normalized spacial score (nSPS) is 11.2. The molecule has 0 saturated heterocycles. The smallest absolute Gasteiger partial charge is 0.271 e. The first kappa shape index (κ1) is 17.1. The third-order valence-electron chi connectivity index (χ3n) is 3.52. The van der Waals surface area contributed by atoms with E-state index in [9.17, 15) is 20.2 Å². The molecule has 124 valence electrons. The molecule has 0 atom stereocenters. The van der Waals surface area contributed by atoms with Crippen molar-refractivity contribution in [2.75, 3.05) is 5.43 Å². The van der Waals surface area contributed by atoms with Gasteiger partial charge < -0.3 is 0 Å². The van der Waals surface area contributed by atoms with E-state index in [4.69, 9.17) is 0 Å².